The predicted molar refractivity (Wildman–Crippen MR) is 120 cm³/mol. The van der Waals surface area contributed by atoms with Gasteiger partial charge < -0.3 is 4.57 Å². The molecule has 1 aromatic heterocycles. The lowest BCUT2D eigenvalue weighted by molar-refractivity contribution is 0.278. The minimum Gasteiger partial charge on any atom is -0.327 e. The summed E-state index contributed by atoms with van der Waals surface area (Å²) in [6.45, 7) is 4.29. The van der Waals surface area contributed by atoms with Gasteiger partial charge in [0.25, 0.3) is 0 Å². The first-order valence-corrected chi connectivity index (χ1v) is 11.5. The van der Waals surface area contributed by atoms with Crippen molar-refractivity contribution < 1.29 is 12.8 Å². The molecule has 0 unspecified atom stereocenters. The van der Waals surface area contributed by atoms with Crippen LogP contribution in [-0.2, 0) is 29.7 Å². The Bertz CT molecular complexity index is 1190. The molecule has 164 valence electrons. The maximum Gasteiger partial charge on any atom is 0.242 e. The number of aryl methyl sites for hydroxylation is 1. The molecule has 0 aliphatic heterocycles. The third kappa shape index (κ3) is 5.13. The molecule has 3 rings (SSSR count). The minimum absolute atomic E-state index is 0.212. The molecule has 8 heteroatoms. The first-order valence-electron chi connectivity index (χ1n) is 10.1. The summed E-state index contributed by atoms with van der Waals surface area (Å²) in [5, 5.41) is 0. The lowest BCUT2D eigenvalue weighted by Gasteiger charge is -2.20. The largest absolute Gasteiger partial charge is 0.327 e. The Labute approximate surface area is 183 Å². The zero-order chi connectivity index (χ0) is 22.6. The number of terminal acetylenes is 1. The standard InChI is InChI=1S/C23H27FN4O2S/c1-5-13-27(16-18-7-9-19(24)10-8-18)17-23-25-21-15-20(31(29,30)26(3)4)11-12-22(21)28(23)14-6-2/h1,7-12,15H,6,13-14,16-17H2,2-4H3. The van der Waals surface area contributed by atoms with Gasteiger partial charge in [-0.3, -0.25) is 4.90 Å². The Kier molecular flexibility index (Phi) is 7.11. The van der Waals surface area contributed by atoms with E-state index in [1.807, 2.05) is 6.07 Å². The van der Waals surface area contributed by atoms with Gasteiger partial charge in [-0.2, -0.15) is 0 Å². The second-order valence-corrected chi connectivity index (χ2v) is 9.75. The number of fused-ring (bicyclic) bond motifs is 1. The number of sulfonamides is 1. The average Bonchev–Trinajstić information content (AvgIpc) is 3.06. The van der Waals surface area contributed by atoms with Crippen LogP contribution in [0.5, 0.6) is 0 Å². The number of imidazole rings is 1. The lowest BCUT2D eigenvalue weighted by Crippen LogP contribution is -2.25. The quantitative estimate of drug-likeness (QED) is 0.476. The molecule has 0 saturated heterocycles. The van der Waals surface area contributed by atoms with E-state index in [-0.39, 0.29) is 10.7 Å². The second-order valence-electron chi connectivity index (χ2n) is 7.59. The van der Waals surface area contributed by atoms with Crippen molar-refractivity contribution in [3.63, 3.8) is 0 Å². The smallest absolute Gasteiger partial charge is 0.242 e. The summed E-state index contributed by atoms with van der Waals surface area (Å²) in [5.41, 5.74) is 2.47. The van der Waals surface area contributed by atoms with Gasteiger partial charge in [-0.1, -0.05) is 25.0 Å². The zero-order valence-electron chi connectivity index (χ0n) is 18.0. The fourth-order valence-electron chi connectivity index (χ4n) is 3.47. The van der Waals surface area contributed by atoms with Gasteiger partial charge in [-0.15, -0.1) is 6.42 Å². The van der Waals surface area contributed by atoms with Crippen LogP contribution in [0.1, 0.15) is 24.7 Å². The van der Waals surface area contributed by atoms with E-state index < -0.39 is 10.0 Å². The molecule has 31 heavy (non-hydrogen) atoms. The van der Waals surface area contributed by atoms with E-state index in [1.165, 1.54) is 30.5 Å². The Morgan fingerprint density at radius 3 is 2.45 bits per heavy atom. The van der Waals surface area contributed by atoms with Crippen molar-refractivity contribution >= 4 is 21.1 Å². The molecule has 0 N–H and O–H groups in total. The van der Waals surface area contributed by atoms with Crippen LogP contribution in [0.25, 0.3) is 11.0 Å². The van der Waals surface area contributed by atoms with Crippen LogP contribution in [0.2, 0.25) is 0 Å². The number of hydrogen-bond donors (Lipinski definition) is 0. The van der Waals surface area contributed by atoms with Crippen LogP contribution in [0.3, 0.4) is 0 Å². The van der Waals surface area contributed by atoms with Crippen molar-refractivity contribution in [3.8, 4) is 12.3 Å². The molecule has 0 saturated carbocycles. The molecule has 0 spiro atoms. The highest BCUT2D eigenvalue weighted by Crippen LogP contribution is 2.23. The summed E-state index contributed by atoms with van der Waals surface area (Å²) < 4.78 is 41.6. The topological polar surface area (TPSA) is 58.4 Å². The van der Waals surface area contributed by atoms with Crippen molar-refractivity contribution in [1.29, 1.82) is 0 Å². The summed E-state index contributed by atoms with van der Waals surface area (Å²) in [6.07, 6.45) is 6.48. The van der Waals surface area contributed by atoms with E-state index in [4.69, 9.17) is 11.4 Å². The minimum atomic E-state index is -3.54. The number of benzene rings is 2. The van der Waals surface area contributed by atoms with Crippen LogP contribution in [0, 0.1) is 18.2 Å². The Balaban J connectivity index is 1.97. The van der Waals surface area contributed by atoms with E-state index in [9.17, 15) is 12.8 Å². The monoisotopic (exact) mass is 442 g/mol. The third-order valence-corrected chi connectivity index (χ3v) is 6.83. The maximum absolute atomic E-state index is 13.2. The van der Waals surface area contributed by atoms with E-state index in [2.05, 4.69) is 22.3 Å². The Morgan fingerprint density at radius 1 is 1.13 bits per heavy atom. The highest BCUT2D eigenvalue weighted by atomic mass is 32.2. The molecule has 1 heterocycles. The van der Waals surface area contributed by atoms with Gasteiger partial charge in [0.15, 0.2) is 0 Å². The summed E-state index contributed by atoms with van der Waals surface area (Å²) >= 11 is 0. The van der Waals surface area contributed by atoms with E-state index in [0.29, 0.717) is 25.2 Å². The highest BCUT2D eigenvalue weighted by Gasteiger charge is 2.20. The molecule has 0 aliphatic rings. The Hall–Kier alpha value is -2.73. The maximum atomic E-state index is 13.2. The van der Waals surface area contributed by atoms with Gasteiger partial charge in [0, 0.05) is 27.2 Å². The first kappa shape index (κ1) is 22.9. The summed E-state index contributed by atoms with van der Waals surface area (Å²) in [5.74, 6) is 3.21. The van der Waals surface area contributed by atoms with Gasteiger partial charge in [0.1, 0.15) is 11.6 Å². The fraction of sp³-hybridized carbons (Fsp3) is 0.348. The first-order chi connectivity index (χ1) is 14.8. The molecule has 3 aromatic rings. The van der Waals surface area contributed by atoms with Crippen LogP contribution < -0.4 is 0 Å². The van der Waals surface area contributed by atoms with Crippen molar-refractivity contribution in [3.05, 3.63) is 59.7 Å². The van der Waals surface area contributed by atoms with Crippen LogP contribution in [-0.4, -0.2) is 47.8 Å². The average molecular weight is 443 g/mol. The summed E-state index contributed by atoms with van der Waals surface area (Å²) in [7, 11) is -0.528. The van der Waals surface area contributed by atoms with Gasteiger partial charge in [0.2, 0.25) is 10.0 Å². The van der Waals surface area contributed by atoms with Crippen LogP contribution >= 0.6 is 0 Å². The second kappa shape index (κ2) is 9.60. The molecular weight excluding hydrogens is 415 g/mol. The predicted octanol–water partition coefficient (Wildman–Crippen LogP) is 3.47. The summed E-state index contributed by atoms with van der Waals surface area (Å²) in [6, 6.07) is 11.4. The normalized spacial score (nSPS) is 12.0. The number of halogens is 1. The van der Waals surface area contributed by atoms with Crippen molar-refractivity contribution in [1.82, 2.24) is 18.8 Å². The molecular formula is C23H27FN4O2S. The number of aromatic nitrogens is 2. The van der Waals surface area contributed by atoms with Crippen molar-refractivity contribution in [2.75, 3.05) is 20.6 Å². The summed E-state index contributed by atoms with van der Waals surface area (Å²) in [4.78, 5) is 7.02. The molecule has 0 bridgehead atoms. The van der Waals surface area contributed by atoms with Crippen LogP contribution in [0.4, 0.5) is 4.39 Å². The molecule has 6 nitrogen and oxygen atoms in total. The zero-order valence-corrected chi connectivity index (χ0v) is 18.9. The number of hydrogen-bond acceptors (Lipinski definition) is 4. The molecule has 0 radical (unpaired) electrons. The van der Waals surface area contributed by atoms with E-state index in [1.54, 1.807) is 24.3 Å². The molecule has 0 amide bonds. The fourth-order valence-corrected chi connectivity index (χ4v) is 4.39. The molecule has 0 aliphatic carbocycles. The number of nitrogens with zero attached hydrogens (tertiary/aromatic N) is 4. The van der Waals surface area contributed by atoms with Crippen molar-refractivity contribution in [2.45, 2.75) is 37.9 Å². The molecule has 2 aromatic carbocycles. The van der Waals surface area contributed by atoms with E-state index in [0.717, 1.165) is 29.9 Å². The van der Waals surface area contributed by atoms with Crippen molar-refractivity contribution in [2.24, 2.45) is 0 Å². The Morgan fingerprint density at radius 2 is 1.84 bits per heavy atom. The van der Waals surface area contributed by atoms with Gasteiger partial charge in [0.05, 0.1) is 29.0 Å². The lowest BCUT2D eigenvalue weighted by atomic mass is 10.2. The van der Waals surface area contributed by atoms with Gasteiger partial charge in [-0.05, 0) is 42.3 Å². The van der Waals surface area contributed by atoms with E-state index >= 15 is 0 Å². The van der Waals surface area contributed by atoms with Gasteiger partial charge >= 0.3 is 0 Å². The highest BCUT2D eigenvalue weighted by molar-refractivity contribution is 7.89. The van der Waals surface area contributed by atoms with Crippen LogP contribution in [0.15, 0.2) is 47.4 Å². The number of rotatable bonds is 9. The third-order valence-electron chi connectivity index (χ3n) is 5.02. The SMILES string of the molecule is C#CCN(Cc1ccc(F)cc1)Cc1nc2cc(S(=O)(=O)N(C)C)ccc2n1CCC. The molecule has 0 atom stereocenters. The molecule has 0 fully saturated rings. The van der Waals surface area contributed by atoms with Gasteiger partial charge in [-0.25, -0.2) is 22.1 Å².